The fourth-order valence-electron chi connectivity index (χ4n) is 3.90. The fourth-order valence-corrected chi connectivity index (χ4v) is 3.90. The highest BCUT2D eigenvalue weighted by molar-refractivity contribution is 6.23. The van der Waals surface area contributed by atoms with Crippen LogP contribution in [0.1, 0.15) is 44.1 Å². The molecule has 0 radical (unpaired) electrons. The zero-order valence-electron chi connectivity index (χ0n) is 15.6. The molecular weight excluding hydrogens is 362 g/mol. The average Bonchev–Trinajstić information content (AvgIpc) is 2.98. The number of rotatable bonds is 4. The van der Waals surface area contributed by atoms with Gasteiger partial charge in [0, 0.05) is 12.3 Å². The second kappa shape index (κ2) is 8.00. The number of nitrogens with zero attached hydrogens (tertiary/aromatic N) is 2. The molecule has 8 nitrogen and oxygen atoms in total. The normalized spacial score (nSPS) is 23.2. The van der Waals surface area contributed by atoms with Gasteiger partial charge in [0.1, 0.15) is 0 Å². The number of fused-ring (bicyclic) bond motifs is 1. The van der Waals surface area contributed by atoms with E-state index in [0.29, 0.717) is 18.0 Å². The van der Waals surface area contributed by atoms with Gasteiger partial charge in [0.2, 0.25) is 18.6 Å². The molecule has 0 bridgehead atoms. The summed E-state index contributed by atoms with van der Waals surface area (Å²) in [6.45, 7) is 0.495. The molecule has 28 heavy (non-hydrogen) atoms. The van der Waals surface area contributed by atoms with Gasteiger partial charge in [-0.05, 0) is 30.5 Å². The standard InChI is InChI=1S/C20H23N3O5/c24-18-15(11-21-10-13-7-8-16-17(9-13)28-12-27-16)19(25)23(20(26)22-18)14-5-3-1-2-4-6-14/h7-9,11,14-15H,1-6,10,12H2,(H,22,24,26). The number of amides is 4. The molecular formula is C20H23N3O5. The Kier molecular flexibility index (Phi) is 5.27. The number of hydrogen-bond acceptors (Lipinski definition) is 6. The van der Waals surface area contributed by atoms with Crippen LogP contribution < -0.4 is 14.8 Å². The Hall–Kier alpha value is -2.90. The Morgan fingerprint density at radius 3 is 2.61 bits per heavy atom. The molecule has 0 aromatic heterocycles. The zero-order chi connectivity index (χ0) is 19.5. The van der Waals surface area contributed by atoms with Crippen LogP contribution >= 0.6 is 0 Å². The van der Waals surface area contributed by atoms with E-state index < -0.39 is 23.8 Å². The van der Waals surface area contributed by atoms with Crippen molar-refractivity contribution in [1.82, 2.24) is 10.2 Å². The third-order valence-electron chi connectivity index (χ3n) is 5.39. The maximum absolute atomic E-state index is 12.9. The quantitative estimate of drug-likeness (QED) is 0.488. The zero-order valence-corrected chi connectivity index (χ0v) is 15.6. The Morgan fingerprint density at radius 2 is 1.82 bits per heavy atom. The highest BCUT2D eigenvalue weighted by Gasteiger charge is 2.42. The van der Waals surface area contributed by atoms with Crippen LogP contribution in [0, 0.1) is 5.92 Å². The van der Waals surface area contributed by atoms with Gasteiger partial charge in [-0.25, -0.2) is 4.79 Å². The molecule has 0 spiro atoms. The Labute approximate surface area is 162 Å². The van der Waals surface area contributed by atoms with E-state index in [1.54, 1.807) is 6.07 Å². The number of nitrogens with one attached hydrogen (secondary N) is 1. The molecule has 1 N–H and O–H groups in total. The molecule has 1 unspecified atom stereocenters. The third-order valence-corrected chi connectivity index (χ3v) is 5.39. The van der Waals surface area contributed by atoms with E-state index in [-0.39, 0.29) is 12.8 Å². The number of barbiturate groups is 1. The molecule has 2 heterocycles. The molecule has 3 aliphatic rings. The summed E-state index contributed by atoms with van der Waals surface area (Å²) in [7, 11) is 0. The van der Waals surface area contributed by atoms with Gasteiger partial charge >= 0.3 is 6.03 Å². The number of benzene rings is 1. The molecule has 148 valence electrons. The largest absolute Gasteiger partial charge is 0.454 e. The van der Waals surface area contributed by atoms with Gasteiger partial charge in [-0.1, -0.05) is 31.7 Å². The predicted molar refractivity (Wildman–Crippen MR) is 100 cm³/mol. The summed E-state index contributed by atoms with van der Waals surface area (Å²) in [4.78, 5) is 42.9. The van der Waals surface area contributed by atoms with E-state index in [2.05, 4.69) is 10.3 Å². The molecule has 1 saturated heterocycles. The lowest BCUT2D eigenvalue weighted by atomic mass is 10.0. The van der Waals surface area contributed by atoms with E-state index in [1.807, 2.05) is 12.1 Å². The van der Waals surface area contributed by atoms with Crippen LogP contribution in [0.4, 0.5) is 4.79 Å². The van der Waals surface area contributed by atoms with Crippen molar-refractivity contribution in [3.63, 3.8) is 0 Å². The lowest BCUT2D eigenvalue weighted by Crippen LogP contribution is -2.61. The summed E-state index contributed by atoms with van der Waals surface area (Å²) in [6.07, 6.45) is 7.11. The van der Waals surface area contributed by atoms with Crippen LogP contribution in [0.3, 0.4) is 0 Å². The molecule has 8 heteroatoms. The summed E-state index contributed by atoms with van der Waals surface area (Å²) in [5.74, 6) is -0.823. The number of carbonyl (C=O) groups is 3. The third kappa shape index (κ3) is 3.72. The fraction of sp³-hybridized carbons (Fsp3) is 0.500. The number of urea groups is 1. The Balaban J connectivity index is 1.45. The number of imide groups is 2. The summed E-state index contributed by atoms with van der Waals surface area (Å²) in [6, 6.07) is 4.73. The molecule has 1 aliphatic carbocycles. The van der Waals surface area contributed by atoms with Crippen molar-refractivity contribution in [3.05, 3.63) is 23.8 Å². The summed E-state index contributed by atoms with van der Waals surface area (Å²) >= 11 is 0. The Morgan fingerprint density at radius 1 is 1.07 bits per heavy atom. The number of ether oxygens (including phenoxy) is 2. The first-order chi connectivity index (χ1) is 13.6. The minimum Gasteiger partial charge on any atom is -0.454 e. The lowest BCUT2D eigenvalue weighted by Gasteiger charge is -2.34. The van der Waals surface area contributed by atoms with Gasteiger partial charge in [0.15, 0.2) is 17.4 Å². The van der Waals surface area contributed by atoms with Crippen LogP contribution in [0.2, 0.25) is 0 Å². The van der Waals surface area contributed by atoms with Crippen molar-refractivity contribution in [2.75, 3.05) is 6.79 Å². The van der Waals surface area contributed by atoms with Gasteiger partial charge in [0.25, 0.3) is 0 Å². The molecule has 1 atom stereocenters. The van der Waals surface area contributed by atoms with Gasteiger partial charge in [-0.15, -0.1) is 0 Å². The molecule has 1 saturated carbocycles. The maximum atomic E-state index is 12.9. The maximum Gasteiger partial charge on any atom is 0.331 e. The van der Waals surface area contributed by atoms with Gasteiger partial charge in [-0.2, -0.15) is 0 Å². The van der Waals surface area contributed by atoms with Crippen molar-refractivity contribution in [2.24, 2.45) is 10.9 Å². The first-order valence-electron chi connectivity index (χ1n) is 9.70. The first-order valence-corrected chi connectivity index (χ1v) is 9.70. The van der Waals surface area contributed by atoms with E-state index >= 15 is 0 Å². The van der Waals surface area contributed by atoms with E-state index in [9.17, 15) is 14.4 Å². The van der Waals surface area contributed by atoms with Crippen LogP contribution in [0.15, 0.2) is 23.2 Å². The molecule has 1 aromatic carbocycles. The van der Waals surface area contributed by atoms with E-state index in [4.69, 9.17) is 9.47 Å². The topological polar surface area (TPSA) is 97.3 Å². The van der Waals surface area contributed by atoms with E-state index in [0.717, 1.165) is 44.1 Å². The summed E-state index contributed by atoms with van der Waals surface area (Å²) in [5.41, 5.74) is 0.876. The number of hydrogen-bond donors (Lipinski definition) is 1. The van der Waals surface area contributed by atoms with Gasteiger partial charge in [0.05, 0.1) is 6.54 Å². The minimum atomic E-state index is -1.07. The monoisotopic (exact) mass is 385 g/mol. The van der Waals surface area contributed by atoms with E-state index in [1.165, 1.54) is 11.1 Å². The van der Waals surface area contributed by atoms with Crippen LogP contribution in [-0.4, -0.2) is 41.8 Å². The molecule has 4 amide bonds. The van der Waals surface area contributed by atoms with Gasteiger partial charge in [-0.3, -0.25) is 24.8 Å². The Bertz CT molecular complexity index is 814. The highest BCUT2D eigenvalue weighted by atomic mass is 16.7. The smallest absolute Gasteiger partial charge is 0.331 e. The first kappa shape index (κ1) is 18.5. The molecule has 2 fully saturated rings. The predicted octanol–water partition coefficient (Wildman–Crippen LogP) is 2.40. The average molecular weight is 385 g/mol. The van der Waals surface area contributed by atoms with Crippen LogP contribution in [0.25, 0.3) is 0 Å². The van der Waals surface area contributed by atoms with Gasteiger partial charge < -0.3 is 9.47 Å². The second-order valence-electron chi connectivity index (χ2n) is 7.30. The second-order valence-corrected chi connectivity index (χ2v) is 7.30. The van der Waals surface area contributed by atoms with Crippen LogP contribution in [-0.2, 0) is 16.1 Å². The number of carbonyl (C=O) groups excluding carboxylic acids is 3. The highest BCUT2D eigenvalue weighted by Crippen LogP contribution is 2.32. The molecule has 2 aliphatic heterocycles. The summed E-state index contributed by atoms with van der Waals surface area (Å²) in [5, 5.41) is 2.31. The SMILES string of the molecule is O=C1NC(=O)N(C2CCCCCC2)C(=O)C1C=NCc1ccc2c(c1)OCO2. The number of aliphatic imine (C=N–C) groups is 1. The molecule has 1 aromatic rings. The lowest BCUT2D eigenvalue weighted by molar-refractivity contribution is -0.140. The molecule has 4 rings (SSSR count). The van der Waals surface area contributed by atoms with Crippen molar-refractivity contribution in [1.29, 1.82) is 0 Å². The summed E-state index contributed by atoms with van der Waals surface area (Å²) < 4.78 is 10.6. The minimum absolute atomic E-state index is 0.146. The van der Waals surface area contributed by atoms with Crippen LogP contribution in [0.5, 0.6) is 11.5 Å². The van der Waals surface area contributed by atoms with Crippen molar-refractivity contribution in [2.45, 2.75) is 51.1 Å². The van der Waals surface area contributed by atoms with Crippen molar-refractivity contribution >= 4 is 24.1 Å². The van der Waals surface area contributed by atoms with Crippen molar-refractivity contribution < 1.29 is 23.9 Å². The van der Waals surface area contributed by atoms with Crippen molar-refractivity contribution in [3.8, 4) is 11.5 Å².